The van der Waals surface area contributed by atoms with Gasteiger partial charge in [0.25, 0.3) is 5.56 Å². The lowest BCUT2D eigenvalue weighted by molar-refractivity contribution is 0.789. The van der Waals surface area contributed by atoms with Gasteiger partial charge in [0, 0.05) is 66.3 Å². The van der Waals surface area contributed by atoms with Gasteiger partial charge < -0.3 is 15.2 Å². The first-order valence-corrected chi connectivity index (χ1v) is 11.8. The average Bonchev–Trinajstić information content (AvgIpc) is 2.92. The summed E-state index contributed by atoms with van der Waals surface area (Å²) in [5, 5.41) is 17.1. The Morgan fingerprint density at radius 1 is 0.973 bits per heavy atom. The molecule has 10 heteroatoms. The maximum absolute atomic E-state index is 12.9. The summed E-state index contributed by atoms with van der Waals surface area (Å²) in [6.45, 7) is 1.93. The van der Waals surface area contributed by atoms with Crippen molar-refractivity contribution in [1.29, 1.82) is 5.26 Å². The van der Waals surface area contributed by atoms with Crippen molar-refractivity contribution in [3.05, 3.63) is 100 Å². The lowest BCUT2D eigenvalue weighted by Gasteiger charge is -2.19. The predicted molar refractivity (Wildman–Crippen MR) is 144 cm³/mol. The van der Waals surface area contributed by atoms with Crippen LogP contribution >= 0.6 is 11.6 Å². The van der Waals surface area contributed by atoms with Gasteiger partial charge in [-0.3, -0.25) is 9.78 Å². The van der Waals surface area contributed by atoms with E-state index in [0.717, 1.165) is 16.5 Å². The van der Waals surface area contributed by atoms with Crippen molar-refractivity contribution in [2.24, 2.45) is 7.05 Å². The van der Waals surface area contributed by atoms with Gasteiger partial charge in [0.15, 0.2) is 0 Å². The summed E-state index contributed by atoms with van der Waals surface area (Å²) in [7, 11) is 1.70. The molecule has 5 rings (SSSR count). The number of nitrogens with zero attached hydrogens (tertiary/aromatic N) is 6. The topological polar surface area (TPSA) is 121 Å². The summed E-state index contributed by atoms with van der Waals surface area (Å²) in [6.07, 6.45) is 8.51. The maximum atomic E-state index is 12.9. The van der Waals surface area contributed by atoms with E-state index in [1.807, 2.05) is 37.3 Å². The number of anilines is 3. The van der Waals surface area contributed by atoms with Crippen LogP contribution in [0.15, 0.2) is 78.2 Å². The first kappa shape index (κ1) is 23.9. The van der Waals surface area contributed by atoms with E-state index < -0.39 is 0 Å². The molecule has 0 spiro atoms. The third-order valence-corrected chi connectivity index (χ3v) is 6.26. The van der Waals surface area contributed by atoms with Gasteiger partial charge in [-0.05, 0) is 25.1 Å². The zero-order valence-electron chi connectivity index (χ0n) is 20.0. The van der Waals surface area contributed by atoms with E-state index in [1.165, 1.54) is 6.20 Å². The van der Waals surface area contributed by atoms with Crippen molar-refractivity contribution >= 4 is 39.6 Å². The van der Waals surface area contributed by atoms with Crippen LogP contribution in [0.1, 0.15) is 24.4 Å². The van der Waals surface area contributed by atoms with E-state index in [2.05, 4.69) is 36.6 Å². The van der Waals surface area contributed by atoms with E-state index in [9.17, 15) is 10.1 Å². The van der Waals surface area contributed by atoms with Crippen LogP contribution in [-0.4, -0.2) is 24.5 Å². The number of pyridine rings is 3. The lowest BCUT2D eigenvalue weighted by atomic mass is 10.1. The van der Waals surface area contributed by atoms with Gasteiger partial charge in [-0.25, -0.2) is 15.0 Å². The summed E-state index contributed by atoms with van der Waals surface area (Å²) in [6, 6.07) is 14.5. The Bertz CT molecular complexity index is 1700. The summed E-state index contributed by atoms with van der Waals surface area (Å²) < 4.78 is 1.56. The van der Waals surface area contributed by atoms with Gasteiger partial charge >= 0.3 is 0 Å². The fraction of sp³-hybridized carbons (Fsp3) is 0.111. The molecule has 4 aromatic heterocycles. The van der Waals surface area contributed by atoms with E-state index in [4.69, 9.17) is 11.6 Å². The van der Waals surface area contributed by atoms with Crippen LogP contribution in [0.4, 0.5) is 17.1 Å². The van der Waals surface area contributed by atoms with Crippen molar-refractivity contribution in [3.63, 3.8) is 0 Å². The third-order valence-electron chi connectivity index (χ3n) is 5.97. The number of hydrogen-bond donors (Lipinski definition) is 2. The molecule has 0 bridgehead atoms. The number of aryl methyl sites for hydroxylation is 1. The molecule has 5 aromatic rings. The molecule has 9 nitrogen and oxygen atoms in total. The average molecular weight is 509 g/mol. The molecule has 0 saturated heterocycles. The molecule has 0 aliphatic rings. The molecule has 1 unspecified atom stereocenters. The van der Waals surface area contributed by atoms with E-state index in [-0.39, 0.29) is 22.3 Å². The molecular formula is C27H21ClN8O. The molecule has 0 aliphatic heterocycles. The molecule has 0 aliphatic carbocycles. The molecule has 1 aromatic carbocycles. The van der Waals surface area contributed by atoms with Crippen molar-refractivity contribution in [2.75, 3.05) is 10.6 Å². The van der Waals surface area contributed by atoms with Crippen LogP contribution < -0.4 is 16.2 Å². The number of benzene rings is 1. The fourth-order valence-electron chi connectivity index (χ4n) is 4.08. The highest BCUT2D eigenvalue weighted by Gasteiger charge is 2.16. The fourth-order valence-corrected chi connectivity index (χ4v) is 4.29. The zero-order valence-corrected chi connectivity index (χ0v) is 20.7. The quantitative estimate of drug-likeness (QED) is 0.299. The highest BCUT2D eigenvalue weighted by atomic mass is 35.5. The standard InChI is InChI=1S/C27H21ClN8O/c1-16(27-32-14-18(15-33-27)17-5-4-9-30-13-17)34-23-11-24(37)36(2)25-19(23)6-3-7-22(25)35-21-8-10-31-26(28)20(21)12-29/h3-11,13-16,34H,1-2H3,(H,31,35). The predicted octanol–water partition coefficient (Wildman–Crippen LogP) is 5.23. The van der Waals surface area contributed by atoms with Crippen LogP contribution in [0.2, 0.25) is 5.15 Å². The number of hydrogen-bond acceptors (Lipinski definition) is 8. The Morgan fingerprint density at radius 2 is 1.78 bits per heavy atom. The minimum atomic E-state index is -0.279. The van der Waals surface area contributed by atoms with Crippen LogP contribution in [0.5, 0.6) is 0 Å². The second-order valence-corrected chi connectivity index (χ2v) is 8.71. The summed E-state index contributed by atoms with van der Waals surface area (Å²) in [4.78, 5) is 30.1. The number of halogens is 1. The molecule has 0 saturated carbocycles. The van der Waals surface area contributed by atoms with Crippen molar-refractivity contribution in [3.8, 4) is 17.2 Å². The van der Waals surface area contributed by atoms with Crippen molar-refractivity contribution in [1.82, 2.24) is 24.5 Å². The van der Waals surface area contributed by atoms with Crippen molar-refractivity contribution < 1.29 is 0 Å². The Labute approximate surface area is 217 Å². The minimum Gasteiger partial charge on any atom is -0.375 e. The zero-order chi connectivity index (χ0) is 25.9. The molecule has 4 heterocycles. The maximum Gasteiger partial charge on any atom is 0.252 e. The minimum absolute atomic E-state index is 0.104. The van der Waals surface area contributed by atoms with Gasteiger partial charge in [0.2, 0.25) is 0 Å². The first-order valence-electron chi connectivity index (χ1n) is 11.4. The molecule has 1 atom stereocenters. The van der Waals surface area contributed by atoms with Crippen LogP contribution in [0.25, 0.3) is 22.0 Å². The lowest BCUT2D eigenvalue weighted by Crippen LogP contribution is -2.19. The summed E-state index contributed by atoms with van der Waals surface area (Å²) in [5.41, 5.74) is 4.27. The Kier molecular flexibility index (Phi) is 6.49. The van der Waals surface area contributed by atoms with Crippen LogP contribution in [0.3, 0.4) is 0 Å². The largest absolute Gasteiger partial charge is 0.375 e. The normalized spacial score (nSPS) is 11.6. The number of fused-ring (bicyclic) bond motifs is 1. The molecule has 0 fully saturated rings. The molecule has 0 radical (unpaired) electrons. The van der Waals surface area contributed by atoms with Crippen LogP contribution in [-0.2, 0) is 7.05 Å². The molecule has 0 amide bonds. The summed E-state index contributed by atoms with van der Waals surface area (Å²) in [5.74, 6) is 0.584. The van der Waals surface area contributed by atoms with Gasteiger partial charge in [-0.15, -0.1) is 0 Å². The monoisotopic (exact) mass is 508 g/mol. The third kappa shape index (κ3) is 4.70. The highest BCUT2D eigenvalue weighted by Crippen LogP contribution is 2.33. The van der Waals surface area contributed by atoms with E-state index in [1.54, 1.807) is 48.5 Å². The van der Waals surface area contributed by atoms with Gasteiger partial charge in [-0.1, -0.05) is 29.8 Å². The Morgan fingerprint density at radius 3 is 2.51 bits per heavy atom. The summed E-state index contributed by atoms with van der Waals surface area (Å²) >= 11 is 6.10. The Hall–Kier alpha value is -4.81. The number of para-hydroxylation sites is 1. The van der Waals surface area contributed by atoms with Gasteiger partial charge in [0.05, 0.1) is 22.9 Å². The SMILES string of the molecule is CC(Nc1cc(=O)n(C)c2c(Nc3ccnc(Cl)c3C#N)cccc12)c1ncc(-c2cccnc2)cn1. The smallest absolute Gasteiger partial charge is 0.252 e. The van der Waals surface area contributed by atoms with E-state index in [0.29, 0.717) is 28.4 Å². The highest BCUT2D eigenvalue weighted by molar-refractivity contribution is 6.31. The number of rotatable bonds is 6. The van der Waals surface area contributed by atoms with Gasteiger partial charge in [-0.2, -0.15) is 5.26 Å². The Balaban J connectivity index is 1.50. The second kappa shape index (κ2) is 10.0. The second-order valence-electron chi connectivity index (χ2n) is 8.36. The molecule has 37 heavy (non-hydrogen) atoms. The van der Waals surface area contributed by atoms with E-state index >= 15 is 0 Å². The van der Waals surface area contributed by atoms with Crippen molar-refractivity contribution in [2.45, 2.75) is 13.0 Å². The van der Waals surface area contributed by atoms with Crippen LogP contribution in [0, 0.1) is 11.3 Å². The number of nitrogens with one attached hydrogen (secondary N) is 2. The molecular weight excluding hydrogens is 488 g/mol. The molecule has 2 N–H and O–H groups in total. The van der Waals surface area contributed by atoms with Gasteiger partial charge in [0.1, 0.15) is 22.6 Å². The first-order chi connectivity index (χ1) is 18.0. The number of aromatic nitrogens is 5. The number of nitriles is 1. The molecule has 182 valence electrons.